The Balaban J connectivity index is 2.31. The van der Waals surface area contributed by atoms with E-state index in [4.69, 9.17) is 4.74 Å². The third-order valence-electron chi connectivity index (χ3n) is 1.51. The van der Waals surface area contributed by atoms with Gasteiger partial charge in [0.05, 0.1) is 12.4 Å². The van der Waals surface area contributed by atoms with Gasteiger partial charge in [-0.05, 0) is 0 Å². The first-order valence-electron chi connectivity index (χ1n) is 3.93. The van der Waals surface area contributed by atoms with Gasteiger partial charge in [0.15, 0.2) is 5.82 Å². The Morgan fingerprint density at radius 1 is 1.43 bits per heavy atom. The molecule has 7 nitrogen and oxygen atoms in total. The molecule has 2 aromatic heterocycles. The maximum Gasteiger partial charge on any atom is 0.255 e. The molecule has 0 radical (unpaired) electrons. The van der Waals surface area contributed by atoms with Gasteiger partial charge >= 0.3 is 0 Å². The Hall–Kier alpha value is -1.89. The van der Waals surface area contributed by atoms with E-state index in [1.807, 2.05) is 0 Å². The number of hydrogen-bond donors (Lipinski definition) is 0. The second-order valence-corrected chi connectivity index (χ2v) is 2.48. The molecule has 2 rings (SSSR count). The van der Waals surface area contributed by atoms with Crippen LogP contribution in [0.3, 0.4) is 0 Å². The first kappa shape index (κ1) is 8.70. The first-order chi connectivity index (χ1) is 6.90. The van der Waals surface area contributed by atoms with Crippen LogP contribution in [0.1, 0.15) is 5.82 Å². The molecule has 0 saturated heterocycles. The molecular weight excluding hydrogens is 184 g/mol. The zero-order valence-corrected chi connectivity index (χ0v) is 7.53. The Kier molecular flexibility index (Phi) is 2.41. The lowest BCUT2D eigenvalue weighted by Crippen LogP contribution is -2.06. The third kappa shape index (κ3) is 1.72. The molecule has 0 fully saturated rings. The van der Waals surface area contributed by atoms with E-state index in [0.717, 1.165) is 0 Å². The van der Waals surface area contributed by atoms with Gasteiger partial charge in [0, 0.05) is 7.11 Å². The predicted molar refractivity (Wildman–Crippen MR) is 45.5 cm³/mol. The van der Waals surface area contributed by atoms with Crippen molar-refractivity contribution >= 4 is 0 Å². The maximum absolute atomic E-state index is 4.90. The van der Waals surface area contributed by atoms with Gasteiger partial charge in [-0.2, -0.15) is 14.6 Å². The molecule has 7 heteroatoms. The van der Waals surface area contributed by atoms with E-state index in [-0.39, 0.29) is 0 Å². The lowest BCUT2D eigenvalue weighted by molar-refractivity contribution is 0.177. The summed E-state index contributed by atoms with van der Waals surface area (Å²) in [7, 11) is 1.58. The summed E-state index contributed by atoms with van der Waals surface area (Å²) in [6, 6.07) is 0. The number of ether oxygens (including phenoxy) is 1. The zero-order chi connectivity index (χ0) is 9.80. The molecule has 0 aromatic carbocycles. The average Bonchev–Trinajstić information content (AvgIpc) is 2.71. The Morgan fingerprint density at radius 2 is 2.36 bits per heavy atom. The number of rotatable bonds is 3. The van der Waals surface area contributed by atoms with Crippen molar-refractivity contribution in [1.82, 2.24) is 29.9 Å². The van der Waals surface area contributed by atoms with Gasteiger partial charge in [0.1, 0.15) is 12.9 Å². The minimum Gasteiger partial charge on any atom is -0.377 e. The van der Waals surface area contributed by atoms with Crippen molar-refractivity contribution in [3.05, 3.63) is 24.5 Å². The van der Waals surface area contributed by atoms with Crippen molar-refractivity contribution < 1.29 is 4.74 Å². The second-order valence-electron chi connectivity index (χ2n) is 2.48. The fourth-order valence-corrected chi connectivity index (χ4v) is 0.944. The minimum absolute atomic E-state index is 0.351. The largest absolute Gasteiger partial charge is 0.377 e. The highest BCUT2D eigenvalue weighted by Gasteiger charge is 2.02. The predicted octanol–water partition coefficient (Wildman–Crippen LogP) is -0.401. The fraction of sp³-hybridized carbons (Fsp3) is 0.286. The van der Waals surface area contributed by atoms with Gasteiger partial charge in [-0.3, -0.25) is 0 Å². The molecule has 0 aliphatic rings. The summed E-state index contributed by atoms with van der Waals surface area (Å²) < 4.78 is 6.36. The second kappa shape index (κ2) is 3.88. The summed E-state index contributed by atoms with van der Waals surface area (Å²) in [6.45, 7) is 0.351. The van der Waals surface area contributed by atoms with Crippen LogP contribution in [0.2, 0.25) is 0 Å². The van der Waals surface area contributed by atoms with Crippen LogP contribution < -0.4 is 0 Å². The number of methoxy groups -OCH3 is 1. The molecule has 0 spiro atoms. The van der Waals surface area contributed by atoms with Gasteiger partial charge in [0.2, 0.25) is 0 Å². The summed E-state index contributed by atoms with van der Waals surface area (Å²) in [6.07, 6.45) is 4.63. The molecule has 2 aromatic rings. The first-order valence-corrected chi connectivity index (χ1v) is 3.93. The van der Waals surface area contributed by atoms with Gasteiger partial charge < -0.3 is 4.74 Å². The van der Waals surface area contributed by atoms with Crippen molar-refractivity contribution in [1.29, 1.82) is 0 Å². The number of nitrogens with zero attached hydrogens (tertiary/aromatic N) is 6. The van der Waals surface area contributed by atoms with Crippen LogP contribution in [0.25, 0.3) is 5.95 Å². The van der Waals surface area contributed by atoms with Crippen LogP contribution in [0.4, 0.5) is 0 Å². The lowest BCUT2D eigenvalue weighted by Gasteiger charge is -2.00. The highest BCUT2D eigenvalue weighted by Crippen LogP contribution is 1.97. The van der Waals surface area contributed by atoms with Crippen LogP contribution in [0.15, 0.2) is 18.7 Å². The van der Waals surface area contributed by atoms with E-state index in [1.54, 1.807) is 19.5 Å². The summed E-state index contributed by atoms with van der Waals surface area (Å²) in [4.78, 5) is 12.0. The van der Waals surface area contributed by atoms with Crippen molar-refractivity contribution in [3.8, 4) is 5.95 Å². The van der Waals surface area contributed by atoms with E-state index in [2.05, 4.69) is 25.3 Å². The lowest BCUT2D eigenvalue weighted by atomic mass is 10.6. The molecule has 0 aliphatic heterocycles. The number of hydrogen-bond acceptors (Lipinski definition) is 6. The van der Waals surface area contributed by atoms with E-state index in [0.29, 0.717) is 18.4 Å². The monoisotopic (exact) mass is 192 g/mol. The quantitative estimate of drug-likeness (QED) is 0.658. The Bertz CT molecular complexity index is 400. The molecule has 0 unspecified atom stereocenters. The van der Waals surface area contributed by atoms with Crippen LogP contribution in [-0.4, -0.2) is 37.1 Å². The average molecular weight is 192 g/mol. The molecule has 72 valence electrons. The SMILES string of the molecule is COCc1ncnc(-n2ccnn2)n1. The van der Waals surface area contributed by atoms with Crippen LogP contribution in [0.5, 0.6) is 0 Å². The standard InChI is InChI=1S/C7H8N6O/c1-14-4-6-8-5-9-7(11-6)13-3-2-10-12-13/h2-3,5H,4H2,1H3. The molecule has 0 atom stereocenters. The van der Waals surface area contributed by atoms with Crippen molar-refractivity contribution in [3.63, 3.8) is 0 Å². The fourth-order valence-electron chi connectivity index (χ4n) is 0.944. The van der Waals surface area contributed by atoms with E-state index >= 15 is 0 Å². The molecule has 0 bridgehead atoms. The van der Waals surface area contributed by atoms with Gasteiger partial charge in [-0.1, -0.05) is 5.21 Å². The topological polar surface area (TPSA) is 78.6 Å². The minimum atomic E-state index is 0.351. The highest BCUT2D eigenvalue weighted by molar-refractivity contribution is 5.06. The molecule has 14 heavy (non-hydrogen) atoms. The Morgan fingerprint density at radius 3 is 3.07 bits per heavy atom. The molecule has 0 amide bonds. The van der Waals surface area contributed by atoms with Crippen LogP contribution in [0, 0.1) is 0 Å². The molecule has 2 heterocycles. The third-order valence-corrected chi connectivity index (χ3v) is 1.51. The molecular formula is C7H8N6O. The highest BCUT2D eigenvalue weighted by atomic mass is 16.5. The van der Waals surface area contributed by atoms with Crippen LogP contribution >= 0.6 is 0 Å². The summed E-state index contributed by atoms with van der Waals surface area (Å²) in [5.41, 5.74) is 0. The van der Waals surface area contributed by atoms with Gasteiger partial charge in [-0.25, -0.2) is 4.98 Å². The van der Waals surface area contributed by atoms with E-state index in [1.165, 1.54) is 11.0 Å². The van der Waals surface area contributed by atoms with Gasteiger partial charge in [-0.15, -0.1) is 5.10 Å². The van der Waals surface area contributed by atoms with Crippen molar-refractivity contribution in [2.45, 2.75) is 6.61 Å². The molecule has 0 saturated carbocycles. The van der Waals surface area contributed by atoms with E-state index < -0.39 is 0 Å². The normalized spacial score (nSPS) is 10.4. The van der Waals surface area contributed by atoms with Crippen LogP contribution in [-0.2, 0) is 11.3 Å². The van der Waals surface area contributed by atoms with Crippen molar-refractivity contribution in [2.24, 2.45) is 0 Å². The molecule has 0 aliphatic carbocycles. The summed E-state index contributed by atoms with van der Waals surface area (Å²) in [5.74, 6) is 0.998. The summed E-state index contributed by atoms with van der Waals surface area (Å²) >= 11 is 0. The zero-order valence-electron chi connectivity index (χ0n) is 7.53. The van der Waals surface area contributed by atoms with Crippen molar-refractivity contribution in [2.75, 3.05) is 7.11 Å². The van der Waals surface area contributed by atoms with E-state index in [9.17, 15) is 0 Å². The maximum atomic E-state index is 4.90. The molecule has 0 N–H and O–H groups in total. The summed E-state index contributed by atoms with van der Waals surface area (Å²) in [5, 5.41) is 7.42. The smallest absolute Gasteiger partial charge is 0.255 e. The number of aromatic nitrogens is 6. The van der Waals surface area contributed by atoms with Gasteiger partial charge in [0.25, 0.3) is 5.95 Å². The Labute approximate surface area is 79.8 Å².